The van der Waals surface area contributed by atoms with Gasteiger partial charge in [-0.3, -0.25) is 4.79 Å². The molecule has 0 saturated heterocycles. The van der Waals surface area contributed by atoms with Crippen LogP contribution in [0.15, 0.2) is 17.3 Å². The zero-order valence-electron chi connectivity index (χ0n) is 11.8. The molecule has 110 valence electrons. The van der Waals surface area contributed by atoms with Gasteiger partial charge in [-0.15, -0.1) is 0 Å². The highest BCUT2D eigenvalue weighted by atomic mass is 16.3. The van der Waals surface area contributed by atoms with Gasteiger partial charge in [-0.05, 0) is 6.42 Å². The van der Waals surface area contributed by atoms with Crippen LogP contribution in [0.2, 0.25) is 0 Å². The van der Waals surface area contributed by atoms with Crippen molar-refractivity contribution in [3.8, 4) is 0 Å². The van der Waals surface area contributed by atoms with E-state index in [-0.39, 0.29) is 18.2 Å². The molecule has 4 N–H and O–H groups in total. The summed E-state index contributed by atoms with van der Waals surface area (Å²) in [4.78, 5) is 21.2. The van der Waals surface area contributed by atoms with Crippen molar-refractivity contribution in [3.63, 3.8) is 0 Å². The lowest BCUT2D eigenvalue weighted by Crippen LogP contribution is -2.31. The van der Waals surface area contributed by atoms with Crippen molar-refractivity contribution in [1.82, 2.24) is 20.3 Å². The molecule has 1 atom stereocenters. The van der Waals surface area contributed by atoms with Crippen LogP contribution in [-0.2, 0) is 6.54 Å². The molecule has 0 unspecified atom stereocenters. The maximum Gasteiger partial charge on any atom is 0.275 e. The Morgan fingerprint density at radius 2 is 2.25 bits per heavy atom. The van der Waals surface area contributed by atoms with E-state index in [2.05, 4.69) is 27.2 Å². The number of H-pyrrole nitrogens is 2. The average Bonchev–Trinajstić information content (AvgIpc) is 2.87. The lowest BCUT2D eigenvalue weighted by Gasteiger charge is -2.15. The number of nitrogens with one attached hydrogen (secondary N) is 3. The first kappa shape index (κ1) is 14.7. The van der Waals surface area contributed by atoms with E-state index >= 15 is 0 Å². The maximum absolute atomic E-state index is 11.6. The predicted molar refractivity (Wildman–Crippen MR) is 78.6 cm³/mol. The third kappa shape index (κ3) is 3.46. The smallest absolute Gasteiger partial charge is 0.275 e. The maximum atomic E-state index is 11.6. The molecule has 6 heteroatoms. The number of aromatic amines is 2. The third-order valence-electron chi connectivity index (χ3n) is 3.51. The molecule has 0 fully saturated rings. The van der Waals surface area contributed by atoms with E-state index in [0.29, 0.717) is 17.6 Å². The lowest BCUT2D eigenvalue weighted by atomic mass is 10.1. The fourth-order valence-corrected chi connectivity index (χ4v) is 2.29. The standard InChI is InChI=1S/C14H22N4O2/c1-2-3-4-5-11(8-19)15-6-10-7-16-13-12(10)17-9-18-14(13)20/h7,9,11,15-16,19H,2-6,8H2,1H3,(H,17,18,20)/t11-/m0/s1. The molecule has 0 radical (unpaired) electrons. The van der Waals surface area contributed by atoms with Gasteiger partial charge < -0.3 is 20.4 Å². The van der Waals surface area contributed by atoms with Crippen molar-refractivity contribution >= 4 is 11.0 Å². The van der Waals surface area contributed by atoms with Gasteiger partial charge in [0.2, 0.25) is 0 Å². The number of aromatic nitrogens is 3. The van der Waals surface area contributed by atoms with Crippen LogP contribution in [0.3, 0.4) is 0 Å². The van der Waals surface area contributed by atoms with Gasteiger partial charge in [0.15, 0.2) is 0 Å². The Bertz CT molecular complexity index is 590. The molecule has 2 rings (SSSR count). The summed E-state index contributed by atoms with van der Waals surface area (Å²) in [6.45, 7) is 2.88. The minimum absolute atomic E-state index is 0.0912. The van der Waals surface area contributed by atoms with Gasteiger partial charge in [0, 0.05) is 24.3 Å². The van der Waals surface area contributed by atoms with E-state index in [1.807, 2.05) is 0 Å². The number of hydrogen-bond acceptors (Lipinski definition) is 4. The molecule has 2 heterocycles. The largest absolute Gasteiger partial charge is 0.395 e. The molecule has 0 bridgehead atoms. The van der Waals surface area contributed by atoms with Crippen LogP contribution in [0.25, 0.3) is 11.0 Å². The second-order valence-corrected chi connectivity index (χ2v) is 5.03. The molecule has 0 amide bonds. The Balaban J connectivity index is 1.98. The van der Waals surface area contributed by atoms with E-state index in [1.54, 1.807) is 6.20 Å². The Morgan fingerprint density at radius 3 is 3.00 bits per heavy atom. The van der Waals surface area contributed by atoms with Crippen molar-refractivity contribution in [2.45, 2.75) is 45.2 Å². The third-order valence-corrected chi connectivity index (χ3v) is 3.51. The van der Waals surface area contributed by atoms with Crippen LogP contribution in [0.5, 0.6) is 0 Å². The van der Waals surface area contributed by atoms with Gasteiger partial charge >= 0.3 is 0 Å². The molecule has 20 heavy (non-hydrogen) atoms. The van der Waals surface area contributed by atoms with Crippen molar-refractivity contribution in [1.29, 1.82) is 0 Å². The average molecular weight is 278 g/mol. The molecule has 0 aromatic carbocycles. The van der Waals surface area contributed by atoms with Gasteiger partial charge in [0.25, 0.3) is 5.56 Å². The SMILES string of the molecule is CCCCC[C@@H](CO)NCc1c[nH]c2c(=O)[nH]cnc12. The zero-order valence-corrected chi connectivity index (χ0v) is 11.8. The summed E-state index contributed by atoms with van der Waals surface area (Å²) in [7, 11) is 0. The molecule has 0 aliphatic rings. The van der Waals surface area contributed by atoms with Gasteiger partial charge in [-0.1, -0.05) is 26.2 Å². The number of aliphatic hydroxyl groups excluding tert-OH is 1. The highest BCUT2D eigenvalue weighted by molar-refractivity contribution is 5.77. The van der Waals surface area contributed by atoms with Gasteiger partial charge in [-0.25, -0.2) is 4.98 Å². The molecule has 0 spiro atoms. The number of unbranched alkanes of at least 4 members (excludes halogenated alkanes) is 2. The summed E-state index contributed by atoms with van der Waals surface area (Å²) in [5.41, 5.74) is 1.96. The van der Waals surface area contributed by atoms with Crippen molar-refractivity contribution in [3.05, 3.63) is 28.4 Å². The number of nitrogens with zero attached hydrogens (tertiary/aromatic N) is 1. The molecule has 0 saturated carbocycles. The first-order chi connectivity index (χ1) is 9.76. The number of fused-ring (bicyclic) bond motifs is 1. The molecule has 0 aliphatic heterocycles. The summed E-state index contributed by atoms with van der Waals surface area (Å²) in [6, 6.07) is 0.0912. The number of rotatable bonds is 8. The predicted octanol–water partition coefficient (Wildman–Crippen LogP) is 1.28. The zero-order chi connectivity index (χ0) is 14.4. The number of aliphatic hydroxyl groups is 1. The van der Waals surface area contributed by atoms with Crippen molar-refractivity contribution in [2.75, 3.05) is 6.61 Å². The Kier molecular flexibility index (Phi) is 5.31. The van der Waals surface area contributed by atoms with Gasteiger partial charge in [0.1, 0.15) is 5.52 Å². The van der Waals surface area contributed by atoms with E-state index < -0.39 is 0 Å². The molecule has 2 aromatic heterocycles. The minimum atomic E-state index is -0.164. The molecule has 2 aromatic rings. The summed E-state index contributed by atoms with van der Waals surface area (Å²) >= 11 is 0. The van der Waals surface area contributed by atoms with E-state index in [0.717, 1.165) is 18.4 Å². The summed E-state index contributed by atoms with van der Waals surface area (Å²) < 4.78 is 0. The summed E-state index contributed by atoms with van der Waals surface area (Å²) in [5, 5.41) is 12.7. The monoisotopic (exact) mass is 278 g/mol. The summed E-state index contributed by atoms with van der Waals surface area (Å²) in [6.07, 6.45) is 7.63. The van der Waals surface area contributed by atoms with E-state index in [4.69, 9.17) is 0 Å². The van der Waals surface area contributed by atoms with Gasteiger partial charge in [-0.2, -0.15) is 0 Å². The topological polar surface area (TPSA) is 93.8 Å². The molecular formula is C14H22N4O2. The highest BCUT2D eigenvalue weighted by Gasteiger charge is 2.10. The minimum Gasteiger partial charge on any atom is -0.395 e. The van der Waals surface area contributed by atoms with Crippen LogP contribution in [0, 0.1) is 0 Å². The van der Waals surface area contributed by atoms with Crippen LogP contribution >= 0.6 is 0 Å². The Morgan fingerprint density at radius 1 is 1.40 bits per heavy atom. The first-order valence-corrected chi connectivity index (χ1v) is 7.14. The van der Waals surface area contributed by atoms with Crippen LogP contribution in [-0.4, -0.2) is 32.7 Å². The van der Waals surface area contributed by atoms with E-state index in [1.165, 1.54) is 19.2 Å². The Hall–Kier alpha value is -1.66. The lowest BCUT2D eigenvalue weighted by molar-refractivity contribution is 0.232. The van der Waals surface area contributed by atoms with E-state index in [9.17, 15) is 9.90 Å². The fourth-order valence-electron chi connectivity index (χ4n) is 2.29. The molecular weight excluding hydrogens is 256 g/mol. The van der Waals surface area contributed by atoms with Crippen LogP contribution in [0.4, 0.5) is 0 Å². The second-order valence-electron chi connectivity index (χ2n) is 5.03. The van der Waals surface area contributed by atoms with Crippen molar-refractivity contribution < 1.29 is 5.11 Å². The summed E-state index contributed by atoms with van der Waals surface area (Å²) in [5.74, 6) is 0. The highest BCUT2D eigenvalue weighted by Crippen LogP contribution is 2.12. The number of hydrogen-bond donors (Lipinski definition) is 4. The molecule has 0 aliphatic carbocycles. The van der Waals surface area contributed by atoms with Gasteiger partial charge in [0.05, 0.1) is 18.5 Å². The fraction of sp³-hybridized carbons (Fsp3) is 0.571. The van der Waals surface area contributed by atoms with Crippen molar-refractivity contribution in [2.24, 2.45) is 0 Å². The molecule has 6 nitrogen and oxygen atoms in total. The normalized spacial score (nSPS) is 12.9. The Labute approximate surface area is 117 Å². The van der Waals surface area contributed by atoms with Crippen LogP contribution in [0.1, 0.15) is 38.2 Å². The van der Waals surface area contributed by atoms with Crippen LogP contribution < -0.4 is 10.9 Å². The second kappa shape index (κ2) is 7.21. The first-order valence-electron chi connectivity index (χ1n) is 7.14. The quantitative estimate of drug-likeness (QED) is 0.547.